The molecule has 0 atom stereocenters. The van der Waals surface area contributed by atoms with Crippen molar-refractivity contribution < 1.29 is 107 Å². The number of halogens is 20. The second-order valence-electron chi connectivity index (χ2n) is 14.2. The fourth-order valence-corrected chi connectivity index (χ4v) is 7.53. The number of pyridine rings is 1. The van der Waals surface area contributed by atoms with Crippen molar-refractivity contribution in [1.82, 2.24) is 0 Å². The number of Topliss-reactive ketones (excluding diaryl/α,β-unsaturated/α-hetero) is 1. The lowest BCUT2D eigenvalue weighted by Crippen LogP contribution is -2.81. The van der Waals surface area contributed by atoms with Gasteiger partial charge in [0.25, 0.3) is 5.69 Å². The largest absolute Gasteiger partial charge is 0.442 e. The van der Waals surface area contributed by atoms with E-state index in [4.69, 9.17) is 10.00 Å². The summed E-state index contributed by atoms with van der Waals surface area (Å²) < 4.78 is 300. The van der Waals surface area contributed by atoms with Crippen LogP contribution in [0.15, 0.2) is 66.9 Å². The maximum absolute atomic E-state index is 15.4. The Labute approximate surface area is 375 Å². The van der Waals surface area contributed by atoms with E-state index in [9.17, 15) is 62.3 Å². The molecule has 0 aliphatic heterocycles. The van der Waals surface area contributed by atoms with E-state index in [0.29, 0.717) is 10.9 Å². The zero-order valence-corrected chi connectivity index (χ0v) is 33.5. The second kappa shape index (κ2) is 19.6. The van der Waals surface area contributed by atoms with Crippen LogP contribution in [0.5, 0.6) is 0 Å². The molecule has 0 radical (unpaired) electrons. The van der Waals surface area contributed by atoms with Crippen molar-refractivity contribution in [3.05, 3.63) is 194 Å². The van der Waals surface area contributed by atoms with Crippen molar-refractivity contribution in [3.8, 4) is 6.07 Å². The number of hydrogen-bond acceptors (Lipinski definition) is 4. The molecular formula is C44H15BF20N2O3. The van der Waals surface area contributed by atoms with E-state index in [0.717, 1.165) is 5.39 Å². The highest BCUT2D eigenvalue weighted by molar-refractivity contribution is 7.20. The molecule has 0 unspecified atom stereocenters. The first-order valence-corrected chi connectivity index (χ1v) is 18.7. The predicted octanol–water partition coefficient (Wildman–Crippen LogP) is 8.54. The summed E-state index contributed by atoms with van der Waals surface area (Å²) in [5.41, 5.74) is -13.5. The highest BCUT2D eigenvalue weighted by Gasteiger charge is 2.52. The van der Waals surface area contributed by atoms with Crippen LogP contribution < -0.4 is 26.4 Å². The molecule has 1 aromatic heterocycles. The third-order valence-electron chi connectivity index (χ3n) is 10.5. The van der Waals surface area contributed by atoms with E-state index >= 15 is 35.1 Å². The third kappa shape index (κ3) is 8.17. The monoisotopic (exact) mass is 1010 g/mol. The van der Waals surface area contributed by atoms with E-state index in [2.05, 4.69) is 0 Å². The first-order valence-electron chi connectivity index (χ1n) is 18.7. The van der Waals surface area contributed by atoms with Gasteiger partial charge in [-0.1, -0.05) is 48.5 Å². The summed E-state index contributed by atoms with van der Waals surface area (Å²) in [4.78, 5) is 25.0. The van der Waals surface area contributed by atoms with Gasteiger partial charge in [-0.25, -0.2) is 92.6 Å². The number of nitriles is 1. The number of nitrogens with zero attached hydrogens (tertiary/aromatic N) is 2. The summed E-state index contributed by atoms with van der Waals surface area (Å²) in [6, 6.07) is 19.9. The average molecular weight is 1010 g/mol. The number of ketones is 1. The normalized spacial score (nSPS) is 11.4. The fraction of sp³-hybridized carbons (Fsp3) is 0.0455. The van der Waals surface area contributed by atoms with Crippen LogP contribution in [0, 0.1) is 128 Å². The number of rotatable bonds is 9. The quantitative estimate of drug-likeness (QED) is 0.0277. The summed E-state index contributed by atoms with van der Waals surface area (Å²) in [6.07, 6.45) is -5.53. The van der Waals surface area contributed by atoms with E-state index in [1.807, 2.05) is 30.3 Å². The van der Waals surface area contributed by atoms with Crippen LogP contribution in [0.1, 0.15) is 20.8 Å². The molecule has 0 saturated carbocycles. The Morgan fingerprint density at radius 2 is 0.757 bits per heavy atom. The number of esters is 1. The number of fused-ring (bicyclic) bond motifs is 1. The minimum atomic E-state index is -7.22. The van der Waals surface area contributed by atoms with Crippen molar-refractivity contribution in [2.45, 2.75) is 6.54 Å². The number of hydrogen-bond donors (Lipinski definition) is 0. The van der Waals surface area contributed by atoms with Crippen molar-refractivity contribution in [1.29, 1.82) is 5.26 Å². The zero-order chi connectivity index (χ0) is 52.0. The van der Waals surface area contributed by atoms with Gasteiger partial charge in [0.1, 0.15) is 58.8 Å². The van der Waals surface area contributed by atoms with Gasteiger partial charge in [-0.05, 0) is 11.5 Å². The Morgan fingerprint density at radius 1 is 0.443 bits per heavy atom. The maximum Gasteiger partial charge on any atom is 0.405 e. The van der Waals surface area contributed by atoms with Crippen molar-refractivity contribution >= 4 is 50.5 Å². The van der Waals surface area contributed by atoms with Gasteiger partial charge in [-0.2, -0.15) is 9.83 Å². The number of carbonyl (C=O) groups is 2. The molecule has 7 aromatic rings. The third-order valence-corrected chi connectivity index (χ3v) is 10.5. The SMILES string of the molecule is Fc1c(F)c(F)c([B-](c2c(F)c(F)c(F)c(F)c2F)(c2c(F)c(F)c(F)c(F)c2F)c2c(F)c(F)c(F)c(F)c2F)c(F)c1F.N#CCOC(=O)c1c2ccccc2cc[n+]1CC(=O)c1ccccc1. The minimum Gasteiger partial charge on any atom is -0.442 e. The summed E-state index contributed by atoms with van der Waals surface area (Å²) in [6.45, 7) is -0.333. The Morgan fingerprint density at radius 3 is 1.10 bits per heavy atom. The fourth-order valence-electron chi connectivity index (χ4n) is 7.53. The van der Waals surface area contributed by atoms with Gasteiger partial charge in [-0.3, -0.25) is 4.79 Å². The van der Waals surface area contributed by atoms with Gasteiger partial charge in [-0.15, -0.1) is 21.9 Å². The molecule has 0 aliphatic carbocycles. The molecule has 0 aliphatic rings. The summed E-state index contributed by atoms with van der Waals surface area (Å²) in [7, 11) is 0. The van der Waals surface area contributed by atoms with Crippen LogP contribution in [-0.4, -0.2) is 24.5 Å². The van der Waals surface area contributed by atoms with E-state index in [1.165, 1.54) is 0 Å². The molecule has 70 heavy (non-hydrogen) atoms. The van der Waals surface area contributed by atoms with Gasteiger partial charge < -0.3 is 4.74 Å². The molecule has 1 heterocycles. The van der Waals surface area contributed by atoms with E-state index < -0.39 is 150 Å². The first-order chi connectivity index (χ1) is 32.9. The first kappa shape index (κ1) is 51.4. The van der Waals surface area contributed by atoms with Gasteiger partial charge in [0.2, 0.25) is 12.3 Å². The molecule has 362 valence electrons. The minimum absolute atomic E-state index is 0.00579. The smallest absolute Gasteiger partial charge is 0.405 e. The number of aromatic nitrogens is 1. The molecule has 0 spiro atoms. The van der Waals surface area contributed by atoms with Crippen LogP contribution in [0.4, 0.5) is 87.8 Å². The number of ether oxygens (including phenoxy) is 1. The lowest BCUT2D eigenvalue weighted by molar-refractivity contribution is -0.684. The van der Waals surface area contributed by atoms with Gasteiger partial charge >= 0.3 is 5.97 Å². The molecule has 0 fully saturated rings. The molecule has 0 N–H and O–H groups in total. The lowest BCUT2D eigenvalue weighted by Gasteiger charge is -2.44. The highest BCUT2D eigenvalue weighted by Crippen LogP contribution is 2.31. The van der Waals surface area contributed by atoms with Crippen LogP contribution in [0.25, 0.3) is 10.8 Å². The Kier molecular flexibility index (Phi) is 14.4. The number of carbonyl (C=O) groups excluding carboxylic acids is 2. The van der Waals surface area contributed by atoms with Crippen LogP contribution in [0.2, 0.25) is 0 Å². The molecule has 0 saturated heterocycles. The summed E-state index contributed by atoms with van der Waals surface area (Å²) in [5.74, 6) is -72.1. The average Bonchev–Trinajstić information content (AvgIpc) is 3.35. The lowest BCUT2D eigenvalue weighted by atomic mass is 9.12. The molecular weight excluding hydrogens is 995 g/mol. The Bertz CT molecular complexity index is 2990. The molecule has 26 heteroatoms. The van der Waals surface area contributed by atoms with Gasteiger partial charge in [0, 0.05) is 11.6 Å². The van der Waals surface area contributed by atoms with Crippen LogP contribution >= 0.6 is 0 Å². The van der Waals surface area contributed by atoms with E-state index in [-0.39, 0.29) is 24.6 Å². The molecule has 0 amide bonds. The highest BCUT2D eigenvalue weighted by atomic mass is 19.2. The summed E-state index contributed by atoms with van der Waals surface area (Å²) >= 11 is 0. The van der Waals surface area contributed by atoms with Crippen LogP contribution in [-0.2, 0) is 11.3 Å². The predicted molar refractivity (Wildman–Crippen MR) is 200 cm³/mol. The molecule has 0 bridgehead atoms. The Balaban J connectivity index is 0.000000270. The topological polar surface area (TPSA) is 71.0 Å². The molecule has 6 aromatic carbocycles. The maximum atomic E-state index is 15.4. The van der Waals surface area contributed by atoms with Crippen molar-refractivity contribution in [2.75, 3.05) is 6.61 Å². The van der Waals surface area contributed by atoms with Gasteiger partial charge in [0.05, 0.1) is 5.39 Å². The standard InChI is InChI=1S/C24BF20.C20H15N2O3/c26-5-1(6(27)14(35)21(42)13(5)34)25(2-7(28)15(36)22(43)16(37)8(2)29,3-9(30)17(38)23(44)18(39)10(3)31)4-11(32)19(40)24(45)20(41)12(4)33;21-11-13-25-20(24)19-17-9-5-4-6-15(17)10-12-22(19)14-18(23)16-7-2-1-3-8-16/h;1-10,12H,13-14H2/q-1;+1. The molecule has 7 rings (SSSR count). The van der Waals surface area contributed by atoms with E-state index in [1.54, 1.807) is 47.2 Å². The number of benzene rings is 6. The molecule has 5 nitrogen and oxygen atoms in total. The van der Waals surface area contributed by atoms with Crippen molar-refractivity contribution in [2.24, 2.45) is 0 Å². The van der Waals surface area contributed by atoms with Crippen molar-refractivity contribution in [3.63, 3.8) is 0 Å². The summed E-state index contributed by atoms with van der Waals surface area (Å²) in [5, 5.41) is 10.2. The van der Waals surface area contributed by atoms with Crippen LogP contribution in [0.3, 0.4) is 0 Å². The van der Waals surface area contributed by atoms with Gasteiger partial charge in [0.15, 0.2) is 82.6 Å². The zero-order valence-electron chi connectivity index (χ0n) is 33.5. The Hall–Kier alpha value is -7.98. The second-order valence-corrected chi connectivity index (χ2v) is 14.2.